The van der Waals surface area contributed by atoms with Gasteiger partial charge in [-0.25, -0.2) is 0 Å². The first-order valence-electron chi connectivity index (χ1n) is 15.9. The average molecular weight is 485 g/mol. The molecule has 0 bridgehead atoms. The fraction of sp³-hybridized carbons (Fsp3) is 1.00. The predicted octanol–water partition coefficient (Wildman–Crippen LogP) is 12.2. The summed E-state index contributed by atoms with van der Waals surface area (Å²) in [6.07, 6.45) is 29.1. The number of hydrogen-bond donors (Lipinski definition) is 0. The van der Waals surface area contributed by atoms with E-state index >= 15 is 0 Å². The third-order valence-electron chi connectivity index (χ3n) is 9.38. The van der Waals surface area contributed by atoms with Crippen LogP contribution in [0.4, 0.5) is 0 Å². The molecule has 202 valence electrons. The summed E-state index contributed by atoms with van der Waals surface area (Å²) < 4.78 is 0. The van der Waals surface area contributed by atoms with Crippen LogP contribution in [0.25, 0.3) is 0 Å². The normalized spacial score (nSPS) is 16.5. The number of unbranched alkanes of at least 4 members (excludes halogenated alkanes) is 12. The van der Waals surface area contributed by atoms with E-state index < -0.39 is 7.26 Å². The molecule has 0 aromatic rings. The van der Waals surface area contributed by atoms with E-state index in [9.17, 15) is 0 Å². The van der Waals surface area contributed by atoms with Crippen molar-refractivity contribution >= 4 is 7.26 Å². The van der Waals surface area contributed by atoms with Gasteiger partial charge < -0.3 is 0 Å². The monoisotopic (exact) mass is 485 g/mol. The molecule has 4 atom stereocenters. The van der Waals surface area contributed by atoms with Gasteiger partial charge in [-0.15, -0.1) is 0 Å². The van der Waals surface area contributed by atoms with E-state index in [0.717, 1.165) is 22.6 Å². The zero-order chi connectivity index (χ0) is 25.0. The van der Waals surface area contributed by atoms with E-state index in [1.54, 1.807) is 0 Å². The second-order valence-electron chi connectivity index (χ2n) is 12.0. The predicted molar refractivity (Wildman–Crippen MR) is 161 cm³/mol. The zero-order valence-electron chi connectivity index (χ0n) is 25.0. The van der Waals surface area contributed by atoms with E-state index in [0.29, 0.717) is 0 Å². The van der Waals surface area contributed by atoms with Gasteiger partial charge in [-0.3, -0.25) is 0 Å². The second kappa shape index (κ2) is 21.7. The first kappa shape index (κ1) is 33.4. The molecule has 0 aliphatic heterocycles. The van der Waals surface area contributed by atoms with E-state index in [2.05, 4.69) is 55.4 Å². The molecule has 0 aliphatic rings. The first-order chi connectivity index (χ1) is 15.9. The van der Waals surface area contributed by atoms with Gasteiger partial charge >= 0.3 is 214 Å². The van der Waals surface area contributed by atoms with Crippen LogP contribution < -0.4 is 0 Å². The summed E-state index contributed by atoms with van der Waals surface area (Å²) >= 11 is 0. The topological polar surface area (TPSA) is 0 Å². The van der Waals surface area contributed by atoms with Crippen LogP contribution in [0.15, 0.2) is 0 Å². The second-order valence-corrected chi connectivity index (χ2v) is 17.9. The third kappa shape index (κ3) is 12.8. The van der Waals surface area contributed by atoms with E-state index in [1.807, 2.05) is 0 Å². The maximum atomic E-state index is 2.74. The van der Waals surface area contributed by atoms with Crippen LogP contribution in [0.1, 0.15) is 184 Å². The molecule has 0 aromatic heterocycles. The Labute approximate surface area is 213 Å². The molecule has 0 fully saturated rings. The Morgan fingerprint density at radius 3 is 0.727 bits per heavy atom. The van der Waals surface area contributed by atoms with Gasteiger partial charge in [0.05, 0.1) is 0 Å². The van der Waals surface area contributed by atoms with Gasteiger partial charge in [0.15, 0.2) is 0 Å². The van der Waals surface area contributed by atoms with Crippen molar-refractivity contribution < 1.29 is 0 Å². The Bertz CT molecular complexity index is 326. The Morgan fingerprint density at radius 1 is 0.333 bits per heavy atom. The van der Waals surface area contributed by atoms with Gasteiger partial charge in [0.25, 0.3) is 0 Å². The van der Waals surface area contributed by atoms with Gasteiger partial charge in [-0.05, 0) is 0 Å². The van der Waals surface area contributed by atoms with Crippen LogP contribution >= 0.6 is 7.26 Å². The van der Waals surface area contributed by atoms with Gasteiger partial charge in [0.1, 0.15) is 0 Å². The Hall–Kier alpha value is 0.430. The summed E-state index contributed by atoms with van der Waals surface area (Å²) in [5.41, 5.74) is 3.99. The molecule has 0 saturated heterocycles. The van der Waals surface area contributed by atoms with Crippen molar-refractivity contribution in [3.8, 4) is 0 Å². The molecule has 4 unspecified atom stereocenters. The van der Waals surface area contributed by atoms with Crippen molar-refractivity contribution in [1.82, 2.24) is 0 Å². The molecule has 33 heavy (non-hydrogen) atoms. The molecule has 0 spiro atoms. The fourth-order valence-electron chi connectivity index (χ4n) is 7.42. The summed E-state index contributed by atoms with van der Waals surface area (Å²) in [7, 11) is -1.45. The Kier molecular flexibility index (Phi) is 22.0. The van der Waals surface area contributed by atoms with Crippen molar-refractivity contribution in [3.63, 3.8) is 0 Å². The standard InChI is InChI=1S/C32H69P/c1-9-13-17-21-25-29(5)33(30(6)26-22-18-14-10-2,31(7)27-23-19-15-11-3)32(8)28-24-20-16-12-4/h29-33H,9-28H2,1-8H3. The zero-order valence-corrected chi connectivity index (χ0v) is 26.0. The number of rotatable bonds is 24. The average Bonchev–Trinajstić information content (AvgIpc) is 2.80. The summed E-state index contributed by atoms with van der Waals surface area (Å²) in [5, 5.41) is 0. The van der Waals surface area contributed by atoms with Gasteiger partial charge in [-0.2, -0.15) is 0 Å². The third-order valence-corrected chi connectivity index (χ3v) is 17.4. The van der Waals surface area contributed by atoms with Crippen LogP contribution in [0.5, 0.6) is 0 Å². The van der Waals surface area contributed by atoms with Crippen LogP contribution in [0.3, 0.4) is 0 Å². The molecule has 0 saturated carbocycles. The molecule has 0 nitrogen and oxygen atoms in total. The molecule has 0 heterocycles. The summed E-state index contributed by atoms with van der Waals surface area (Å²) in [5.74, 6) is 0. The summed E-state index contributed by atoms with van der Waals surface area (Å²) in [4.78, 5) is 0. The van der Waals surface area contributed by atoms with Crippen LogP contribution in [0, 0.1) is 0 Å². The summed E-state index contributed by atoms with van der Waals surface area (Å²) in [6.45, 7) is 20.4. The van der Waals surface area contributed by atoms with Crippen molar-refractivity contribution in [2.24, 2.45) is 0 Å². The Balaban J connectivity index is 5.70. The molecule has 0 amide bonds. The minimum atomic E-state index is -1.45. The fourth-order valence-corrected chi connectivity index (χ4v) is 16.1. The van der Waals surface area contributed by atoms with Crippen molar-refractivity contribution in [1.29, 1.82) is 0 Å². The van der Waals surface area contributed by atoms with Crippen molar-refractivity contribution in [2.45, 2.75) is 206 Å². The van der Waals surface area contributed by atoms with Crippen molar-refractivity contribution in [2.75, 3.05) is 0 Å². The van der Waals surface area contributed by atoms with E-state index in [-0.39, 0.29) is 0 Å². The molecule has 0 aromatic carbocycles. The molecule has 1 heteroatoms. The maximum absolute atomic E-state index is 2.74. The Morgan fingerprint density at radius 2 is 0.545 bits per heavy atom. The van der Waals surface area contributed by atoms with Crippen molar-refractivity contribution in [3.05, 3.63) is 0 Å². The molecule has 0 rings (SSSR count). The molecular weight excluding hydrogens is 415 g/mol. The van der Waals surface area contributed by atoms with Gasteiger partial charge in [0, 0.05) is 0 Å². The first-order valence-corrected chi connectivity index (χ1v) is 18.2. The quantitative estimate of drug-likeness (QED) is 0.0943. The van der Waals surface area contributed by atoms with Crippen LogP contribution in [0.2, 0.25) is 0 Å². The van der Waals surface area contributed by atoms with E-state index in [1.165, 1.54) is 128 Å². The summed E-state index contributed by atoms with van der Waals surface area (Å²) in [6, 6.07) is 0. The SMILES string of the molecule is CCCCCCC(C)[PH](C(C)CCCCCC)(C(C)CCCCCC)C(C)CCCCCC. The minimum absolute atomic E-state index is 0.998. The van der Waals surface area contributed by atoms with Crippen LogP contribution in [-0.4, -0.2) is 22.6 Å². The van der Waals surface area contributed by atoms with Gasteiger partial charge in [-0.1, -0.05) is 0 Å². The molecule has 0 radical (unpaired) electrons. The van der Waals surface area contributed by atoms with Crippen LogP contribution in [-0.2, 0) is 0 Å². The number of hydrogen-bond acceptors (Lipinski definition) is 0. The van der Waals surface area contributed by atoms with Gasteiger partial charge in [0.2, 0.25) is 0 Å². The molecule has 0 N–H and O–H groups in total. The molecular formula is C32H69P. The van der Waals surface area contributed by atoms with E-state index in [4.69, 9.17) is 0 Å². The molecule has 0 aliphatic carbocycles.